The van der Waals surface area contributed by atoms with Crippen molar-refractivity contribution in [1.82, 2.24) is 9.55 Å². The van der Waals surface area contributed by atoms with Crippen molar-refractivity contribution in [2.45, 2.75) is 200 Å². The lowest BCUT2D eigenvalue weighted by Gasteiger charge is -2.08. The highest BCUT2D eigenvalue weighted by molar-refractivity contribution is 5.15. The van der Waals surface area contributed by atoms with Crippen molar-refractivity contribution < 1.29 is 0 Å². The molecular formula is C40H70N2. The minimum absolute atomic E-state index is 1.10. The van der Waals surface area contributed by atoms with E-state index in [1.165, 1.54) is 178 Å². The summed E-state index contributed by atoms with van der Waals surface area (Å²) in [5.41, 5.74) is 2.77. The molecule has 240 valence electrons. The first-order chi connectivity index (χ1) is 20.8. The molecular weight excluding hydrogens is 508 g/mol. The van der Waals surface area contributed by atoms with Gasteiger partial charge in [-0.1, -0.05) is 185 Å². The maximum absolute atomic E-state index is 5.16. The number of aryl methyl sites for hydroxylation is 4. The van der Waals surface area contributed by atoms with Gasteiger partial charge in [0.2, 0.25) is 0 Å². The molecule has 1 aromatic carbocycles. The van der Waals surface area contributed by atoms with Crippen molar-refractivity contribution >= 4 is 0 Å². The Labute approximate surface area is 262 Å². The van der Waals surface area contributed by atoms with Crippen LogP contribution in [0.15, 0.2) is 36.5 Å². The predicted molar refractivity (Wildman–Crippen MR) is 187 cm³/mol. The summed E-state index contributed by atoms with van der Waals surface area (Å²) in [7, 11) is 0. The summed E-state index contributed by atoms with van der Waals surface area (Å²) < 4.78 is 2.53. The zero-order valence-corrected chi connectivity index (χ0v) is 28.4. The average molecular weight is 579 g/mol. The van der Waals surface area contributed by atoms with Crippen molar-refractivity contribution in [1.29, 1.82) is 0 Å². The first-order valence-corrected chi connectivity index (χ1v) is 18.9. The average Bonchev–Trinajstić information content (AvgIpc) is 3.40. The molecule has 0 spiro atoms. The van der Waals surface area contributed by atoms with Gasteiger partial charge in [0.05, 0.1) is 5.69 Å². The monoisotopic (exact) mass is 579 g/mol. The van der Waals surface area contributed by atoms with E-state index in [0.717, 1.165) is 25.8 Å². The molecule has 0 bridgehead atoms. The van der Waals surface area contributed by atoms with Crippen LogP contribution in [-0.4, -0.2) is 9.55 Å². The van der Waals surface area contributed by atoms with Crippen molar-refractivity contribution in [3.8, 4) is 0 Å². The van der Waals surface area contributed by atoms with Crippen LogP contribution in [0.25, 0.3) is 0 Å². The summed E-state index contributed by atoms with van der Waals surface area (Å²) >= 11 is 0. The number of unbranched alkanes of at least 4 members (excludes halogenated alkanes) is 22. The molecule has 0 amide bonds. The lowest BCUT2D eigenvalue weighted by molar-refractivity contribution is 0.515. The molecule has 1 aromatic heterocycles. The van der Waals surface area contributed by atoms with Crippen LogP contribution in [0, 0.1) is 0 Å². The van der Waals surface area contributed by atoms with E-state index >= 15 is 0 Å². The Morgan fingerprint density at radius 3 is 1.40 bits per heavy atom. The summed E-state index contributed by atoms with van der Waals surface area (Å²) in [6.45, 7) is 5.77. The fourth-order valence-corrected chi connectivity index (χ4v) is 6.39. The molecule has 0 N–H and O–H groups in total. The van der Waals surface area contributed by atoms with Crippen molar-refractivity contribution in [3.05, 3.63) is 53.6 Å². The first-order valence-electron chi connectivity index (χ1n) is 18.9. The molecule has 0 aliphatic carbocycles. The normalized spacial score (nSPS) is 11.5. The standard InChI is InChI=1S/C40H70N2/c1-3-5-7-9-11-13-15-16-17-18-20-22-24-29-36-42-37-39(34-30-33-38-31-26-25-27-32-38)41-40(42)35-28-23-21-19-14-12-10-8-6-4-2/h25-27,31-32,37H,3-24,28-30,33-36H2,1-2H3. The Balaban J connectivity index is 1.62. The molecule has 0 aliphatic rings. The SMILES string of the molecule is CCCCCCCCCCCCCCCCn1cc(CCCc2ccccc2)nc1CCCCCCCCCCCC. The second kappa shape index (κ2) is 27.0. The Hall–Kier alpha value is -1.57. The highest BCUT2D eigenvalue weighted by atomic mass is 15.1. The van der Waals surface area contributed by atoms with Crippen molar-refractivity contribution in [2.24, 2.45) is 0 Å². The number of aromatic nitrogens is 2. The van der Waals surface area contributed by atoms with Gasteiger partial charge >= 0.3 is 0 Å². The smallest absolute Gasteiger partial charge is 0.108 e. The molecule has 0 unspecified atom stereocenters. The van der Waals surface area contributed by atoms with Gasteiger partial charge in [0.25, 0.3) is 0 Å². The number of rotatable bonds is 30. The molecule has 2 nitrogen and oxygen atoms in total. The fraction of sp³-hybridized carbons (Fsp3) is 0.775. The van der Waals surface area contributed by atoms with Gasteiger partial charge in [-0.25, -0.2) is 4.98 Å². The van der Waals surface area contributed by atoms with Crippen LogP contribution in [0.1, 0.15) is 191 Å². The summed E-state index contributed by atoms with van der Waals surface area (Å²) in [6.07, 6.45) is 41.0. The number of hydrogen-bond acceptors (Lipinski definition) is 1. The summed E-state index contributed by atoms with van der Waals surface area (Å²) in [5.74, 6) is 1.36. The maximum atomic E-state index is 5.16. The third kappa shape index (κ3) is 19.6. The zero-order chi connectivity index (χ0) is 29.8. The Morgan fingerprint density at radius 2 is 0.905 bits per heavy atom. The zero-order valence-electron chi connectivity index (χ0n) is 28.4. The molecule has 42 heavy (non-hydrogen) atoms. The minimum atomic E-state index is 1.10. The minimum Gasteiger partial charge on any atom is -0.335 e. The highest BCUT2D eigenvalue weighted by Crippen LogP contribution is 2.17. The third-order valence-corrected chi connectivity index (χ3v) is 9.16. The van der Waals surface area contributed by atoms with Crippen molar-refractivity contribution in [3.63, 3.8) is 0 Å². The summed E-state index contributed by atoms with van der Waals surface area (Å²) in [6, 6.07) is 10.9. The second-order valence-corrected chi connectivity index (χ2v) is 13.2. The molecule has 1 heterocycles. The molecule has 0 radical (unpaired) electrons. The first kappa shape index (κ1) is 36.6. The quantitative estimate of drug-likeness (QED) is 0.0843. The van der Waals surface area contributed by atoms with E-state index in [-0.39, 0.29) is 0 Å². The molecule has 0 saturated carbocycles. The van der Waals surface area contributed by atoms with Gasteiger partial charge in [-0.15, -0.1) is 0 Å². The Morgan fingerprint density at radius 1 is 0.452 bits per heavy atom. The molecule has 2 heteroatoms. The molecule has 0 saturated heterocycles. The maximum Gasteiger partial charge on any atom is 0.108 e. The molecule has 2 aromatic rings. The van der Waals surface area contributed by atoms with Gasteiger partial charge < -0.3 is 4.57 Å². The van der Waals surface area contributed by atoms with Gasteiger partial charge in [-0.3, -0.25) is 0 Å². The predicted octanol–water partition coefficient (Wildman–Crippen LogP) is 13.0. The van der Waals surface area contributed by atoms with E-state index in [1.54, 1.807) is 0 Å². The summed E-state index contributed by atoms with van der Waals surface area (Å²) in [4.78, 5) is 5.16. The van der Waals surface area contributed by atoms with E-state index in [2.05, 4.69) is 54.9 Å². The van der Waals surface area contributed by atoms with E-state index in [0.29, 0.717) is 0 Å². The van der Waals surface area contributed by atoms with Crippen LogP contribution in [0.5, 0.6) is 0 Å². The molecule has 0 fully saturated rings. The highest BCUT2D eigenvalue weighted by Gasteiger charge is 2.09. The molecule has 0 aliphatic heterocycles. The van der Waals surface area contributed by atoms with Gasteiger partial charge in [-0.05, 0) is 37.7 Å². The topological polar surface area (TPSA) is 17.8 Å². The lowest BCUT2D eigenvalue weighted by atomic mass is 10.0. The largest absolute Gasteiger partial charge is 0.335 e. The number of imidazole rings is 1. The lowest BCUT2D eigenvalue weighted by Crippen LogP contribution is -2.03. The van der Waals surface area contributed by atoms with Crippen LogP contribution < -0.4 is 0 Å². The molecule has 2 rings (SSSR count). The van der Waals surface area contributed by atoms with Gasteiger partial charge in [0.15, 0.2) is 0 Å². The molecule has 0 atom stereocenters. The van der Waals surface area contributed by atoms with E-state index in [4.69, 9.17) is 4.98 Å². The van der Waals surface area contributed by atoms with Crippen LogP contribution in [0.3, 0.4) is 0 Å². The number of hydrogen-bond donors (Lipinski definition) is 0. The number of benzene rings is 1. The van der Waals surface area contributed by atoms with E-state index in [1.807, 2.05) is 0 Å². The fourth-order valence-electron chi connectivity index (χ4n) is 6.39. The van der Waals surface area contributed by atoms with Crippen LogP contribution in [0.2, 0.25) is 0 Å². The Kier molecular flexibility index (Phi) is 23.6. The van der Waals surface area contributed by atoms with E-state index < -0.39 is 0 Å². The van der Waals surface area contributed by atoms with Gasteiger partial charge in [0, 0.05) is 19.2 Å². The van der Waals surface area contributed by atoms with Crippen molar-refractivity contribution in [2.75, 3.05) is 0 Å². The van der Waals surface area contributed by atoms with Crippen LogP contribution >= 0.6 is 0 Å². The van der Waals surface area contributed by atoms with Gasteiger partial charge in [0.1, 0.15) is 5.82 Å². The van der Waals surface area contributed by atoms with Crippen LogP contribution in [0.4, 0.5) is 0 Å². The second-order valence-electron chi connectivity index (χ2n) is 13.2. The van der Waals surface area contributed by atoms with Crippen LogP contribution in [-0.2, 0) is 25.8 Å². The summed E-state index contributed by atoms with van der Waals surface area (Å²) in [5, 5.41) is 0. The number of nitrogens with zero attached hydrogens (tertiary/aromatic N) is 2. The van der Waals surface area contributed by atoms with Gasteiger partial charge in [-0.2, -0.15) is 0 Å². The Bertz CT molecular complexity index is 823. The van der Waals surface area contributed by atoms with E-state index in [9.17, 15) is 0 Å². The third-order valence-electron chi connectivity index (χ3n) is 9.16.